The highest BCUT2D eigenvalue weighted by molar-refractivity contribution is 6.03. The standard InChI is InChI=1S/C42H35NO/c1-30-13-15-31(16-14-30)32-17-19-33(20-18-32)40-29-41-39(37-11-5-6-12-38(37)40)25-26-42(44-41,34-9-3-2-4-10-34)35-21-23-36(24-22-35)43-27-7-8-28-43/h2-6,9-26,29H,7-8,27-28H2,1H3. The topological polar surface area (TPSA) is 12.5 Å². The molecule has 0 aliphatic carbocycles. The summed E-state index contributed by atoms with van der Waals surface area (Å²) >= 11 is 0. The van der Waals surface area contributed by atoms with E-state index in [0.29, 0.717) is 0 Å². The molecule has 0 N–H and O–H groups in total. The second-order valence-corrected chi connectivity index (χ2v) is 12.1. The minimum Gasteiger partial charge on any atom is -0.473 e. The van der Waals surface area contributed by atoms with Crippen LogP contribution in [0.2, 0.25) is 0 Å². The highest BCUT2D eigenvalue weighted by Crippen LogP contribution is 2.47. The molecule has 0 spiro atoms. The van der Waals surface area contributed by atoms with E-state index in [1.54, 1.807) is 0 Å². The zero-order valence-electron chi connectivity index (χ0n) is 25.0. The summed E-state index contributed by atoms with van der Waals surface area (Å²) in [6, 6.07) is 48.3. The number of aryl methyl sites for hydroxylation is 1. The van der Waals surface area contributed by atoms with Gasteiger partial charge in [-0.05, 0) is 83.1 Å². The zero-order chi connectivity index (χ0) is 29.5. The second kappa shape index (κ2) is 10.9. The Labute approximate surface area is 259 Å². The number of rotatable bonds is 5. The molecule has 2 heterocycles. The molecule has 6 aromatic rings. The Morgan fingerprint density at radius 3 is 1.89 bits per heavy atom. The van der Waals surface area contributed by atoms with Gasteiger partial charge in [0.1, 0.15) is 5.75 Å². The van der Waals surface area contributed by atoms with Gasteiger partial charge in [0.2, 0.25) is 0 Å². The number of nitrogens with zero attached hydrogens (tertiary/aromatic N) is 1. The highest BCUT2D eigenvalue weighted by Gasteiger charge is 2.37. The number of benzene rings is 6. The smallest absolute Gasteiger partial charge is 0.178 e. The van der Waals surface area contributed by atoms with Crippen LogP contribution in [-0.4, -0.2) is 13.1 Å². The van der Waals surface area contributed by atoms with Gasteiger partial charge in [0.25, 0.3) is 0 Å². The Kier molecular flexibility index (Phi) is 6.56. The van der Waals surface area contributed by atoms with Crippen molar-refractivity contribution in [2.45, 2.75) is 25.4 Å². The van der Waals surface area contributed by atoms with Crippen LogP contribution in [0, 0.1) is 6.92 Å². The van der Waals surface area contributed by atoms with E-state index in [4.69, 9.17) is 4.74 Å². The lowest BCUT2D eigenvalue weighted by Gasteiger charge is -2.37. The third-order valence-electron chi connectivity index (χ3n) is 9.35. The normalized spacial score (nSPS) is 17.4. The lowest BCUT2D eigenvalue weighted by atomic mass is 9.82. The second-order valence-electron chi connectivity index (χ2n) is 12.1. The van der Waals surface area contributed by atoms with E-state index in [1.807, 2.05) is 0 Å². The van der Waals surface area contributed by atoms with Crippen molar-refractivity contribution in [3.05, 3.63) is 162 Å². The van der Waals surface area contributed by atoms with Crippen molar-refractivity contribution < 1.29 is 4.74 Å². The average Bonchev–Trinajstić information content (AvgIpc) is 3.64. The summed E-state index contributed by atoms with van der Waals surface area (Å²) in [5.74, 6) is 0.899. The first-order valence-corrected chi connectivity index (χ1v) is 15.7. The minimum atomic E-state index is -0.729. The van der Waals surface area contributed by atoms with E-state index in [9.17, 15) is 0 Å². The van der Waals surface area contributed by atoms with Crippen molar-refractivity contribution in [2.75, 3.05) is 18.0 Å². The van der Waals surface area contributed by atoms with Gasteiger partial charge in [0.15, 0.2) is 5.60 Å². The Balaban J connectivity index is 1.24. The fraction of sp³-hybridized carbons (Fsp3) is 0.143. The molecule has 0 aromatic heterocycles. The summed E-state index contributed by atoms with van der Waals surface area (Å²) in [4.78, 5) is 2.48. The first-order chi connectivity index (χ1) is 21.7. The zero-order valence-corrected chi connectivity index (χ0v) is 25.0. The summed E-state index contributed by atoms with van der Waals surface area (Å²) in [6.45, 7) is 4.39. The fourth-order valence-corrected chi connectivity index (χ4v) is 6.92. The predicted octanol–water partition coefficient (Wildman–Crippen LogP) is 10.4. The molecule has 0 bridgehead atoms. The molecule has 2 aliphatic heterocycles. The molecular weight excluding hydrogens is 534 g/mol. The summed E-state index contributed by atoms with van der Waals surface area (Å²) in [5, 5.41) is 2.43. The van der Waals surface area contributed by atoms with Gasteiger partial charge >= 0.3 is 0 Å². The number of fused-ring (bicyclic) bond motifs is 3. The molecule has 1 saturated heterocycles. The number of hydrogen-bond acceptors (Lipinski definition) is 2. The molecule has 8 rings (SSSR count). The molecule has 2 nitrogen and oxygen atoms in total. The molecule has 2 aliphatic rings. The minimum absolute atomic E-state index is 0.729. The number of ether oxygens (including phenoxy) is 1. The monoisotopic (exact) mass is 569 g/mol. The van der Waals surface area contributed by atoms with E-state index in [-0.39, 0.29) is 0 Å². The van der Waals surface area contributed by atoms with Crippen molar-refractivity contribution in [1.29, 1.82) is 0 Å². The van der Waals surface area contributed by atoms with E-state index in [1.165, 1.54) is 57.1 Å². The van der Waals surface area contributed by atoms with Crippen LogP contribution < -0.4 is 9.64 Å². The Morgan fingerprint density at radius 2 is 1.18 bits per heavy atom. The Bertz CT molecular complexity index is 1970. The lowest BCUT2D eigenvalue weighted by molar-refractivity contribution is 0.161. The first kappa shape index (κ1) is 26.5. The first-order valence-electron chi connectivity index (χ1n) is 15.7. The number of anilines is 1. The average molecular weight is 570 g/mol. The Hall–Kier alpha value is -5.08. The van der Waals surface area contributed by atoms with Crippen LogP contribution in [0.1, 0.15) is 35.1 Å². The van der Waals surface area contributed by atoms with Gasteiger partial charge in [0.05, 0.1) is 0 Å². The van der Waals surface area contributed by atoms with Gasteiger partial charge in [-0.1, -0.05) is 121 Å². The molecule has 44 heavy (non-hydrogen) atoms. The third-order valence-corrected chi connectivity index (χ3v) is 9.35. The lowest BCUT2D eigenvalue weighted by Crippen LogP contribution is -2.34. The molecule has 1 atom stereocenters. The van der Waals surface area contributed by atoms with E-state index < -0.39 is 5.60 Å². The van der Waals surface area contributed by atoms with Crippen LogP contribution in [0.5, 0.6) is 5.75 Å². The summed E-state index contributed by atoms with van der Waals surface area (Å²) in [5.41, 5.74) is 10.0. The molecule has 2 heteroatoms. The van der Waals surface area contributed by atoms with Gasteiger partial charge in [-0.3, -0.25) is 0 Å². The van der Waals surface area contributed by atoms with Crippen LogP contribution in [0.4, 0.5) is 5.69 Å². The van der Waals surface area contributed by atoms with E-state index in [2.05, 4.69) is 157 Å². The van der Waals surface area contributed by atoms with Crippen LogP contribution in [0.25, 0.3) is 39.1 Å². The Morgan fingerprint density at radius 1 is 0.591 bits per heavy atom. The molecule has 0 saturated carbocycles. The molecule has 1 fully saturated rings. The molecule has 1 unspecified atom stereocenters. The largest absolute Gasteiger partial charge is 0.473 e. The SMILES string of the molecule is Cc1ccc(-c2ccc(-c3cc4c(c5ccccc35)C=CC(c3ccccc3)(c3ccc(N5CCCC5)cc3)O4)cc2)cc1. The molecule has 0 amide bonds. The maximum Gasteiger partial charge on any atom is 0.178 e. The van der Waals surface area contributed by atoms with Crippen LogP contribution in [0.3, 0.4) is 0 Å². The predicted molar refractivity (Wildman–Crippen MR) is 184 cm³/mol. The van der Waals surface area contributed by atoms with Gasteiger partial charge in [-0.15, -0.1) is 0 Å². The summed E-state index contributed by atoms with van der Waals surface area (Å²) < 4.78 is 7.23. The van der Waals surface area contributed by atoms with Crippen molar-refractivity contribution in [3.63, 3.8) is 0 Å². The molecule has 0 radical (unpaired) electrons. The van der Waals surface area contributed by atoms with Crippen molar-refractivity contribution in [1.82, 2.24) is 0 Å². The highest BCUT2D eigenvalue weighted by atomic mass is 16.5. The summed E-state index contributed by atoms with van der Waals surface area (Å²) in [6.07, 6.45) is 7.05. The van der Waals surface area contributed by atoms with Crippen LogP contribution in [-0.2, 0) is 5.60 Å². The van der Waals surface area contributed by atoms with Crippen molar-refractivity contribution in [2.24, 2.45) is 0 Å². The fourth-order valence-electron chi connectivity index (χ4n) is 6.92. The maximum absolute atomic E-state index is 7.23. The molecule has 6 aromatic carbocycles. The van der Waals surface area contributed by atoms with Gasteiger partial charge in [0, 0.05) is 35.5 Å². The van der Waals surface area contributed by atoms with Crippen molar-refractivity contribution >= 4 is 22.5 Å². The van der Waals surface area contributed by atoms with E-state index in [0.717, 1.165) is 35.5 Å². The van der Waals surface area contributed by atoms with Gasteiger partial charge in [-0.25, -0.2) is 0 Å². The van der Waals surface area contributed by atoms with Crippen LogP contribution >= 0.6 is 0 Å². The van der Waals surface area contributed by atoms with Crippen molar-refractivity contribution in [3.8, 4) is 28.0 Å². The third kappa shape index (κ3) is 4.59. The summed E-state index contributed by atoms with van der Waals surface area (Å²) in [7, 11) is 0. The maximum atomic E-state index is 7.23. The molecular formula is C42H35NO. The quantitative estimate of drug-likeness (QED) is 0.205. The molecule has 214 valence electrons. The van der Waals surface area contributed by atoms with Gasteiger partial charge < -0.3 is 9.64 Å². The van der Waals surface area contributed by atoms with Crippen LogP contribution in [0.15, 0.2) is 140 Å². The van der Waals surface area contributed by atoms with Gasteiger partial charge in [-0.2, -0.15) is 0 Å². The number of hydrogen-bond donors (Lipinski definition) is 0. The van der Waals surface area contributed by atoms with E-state index >= 15 is 0 Å².